The van der Waals surface area contributed by atoms with Crippen molar-refractivity contribution in [1.29, 1.82) is 0 Å². The summed E-state index contributed by atoms with van der Waals surface area (Å²) >= 11 is 0. The van der Waals surface area contributed by atoms with Gasteiger partial charge in [-0.15, -0.1) is 0 Å². The average molecular weight is 245 g/mol. The summed E-state index contributed by atoms with van der Waals surface area (Å²) in [4.78, 5) is 8.30. The maximum Gasteiger partial charge on any atom is 0.141 e. The van der Waals surface area contributed by atoms with Crippen molar-refractivity contribution in [3.8, 4) is 0 Å². The Morgan fingerprint density at radius 1 is 1.22 bits per heavy atom. The number of rotatable bonds is 5. The van der Waals surface area contributed by atoms with Crippen LogP contribution >= 0.6 is 0 Å². The van der Waals surface area contributed by atoms with Gasteiger partial charge in [-0.25, -0.2) is 9.67 Å². The third-order valence-electron chi connectivity index (χ3n) is 2.91. The van der Waals surface area contributed by atoms with Crippen LogP contribution in [0.25, 0.3) is 0 Å². The molecule has 96 valence electrons. The van der Waals surface area contributed by atoms with E-state index < -0.39 is 0 Å². The molecule has 0 aliphatic carbocycles. The van der Waals surface area contributed by atoms with Crippen LogP contribution in [0.1, 0.15) is 44.2 Å². The summed E-state index contributed by atoms with van der Waals surface area (Å²) in [5, 5.41) is 7.67. The molecule has 0 bridgehead atoms. The molecule has 0 spiro atoms. The van der Waals surface area contributed by atoms with Crippen LogP contribution in [-0.4, -0.2) is 19.7 Å². The Morgan fingerprint density at radius 3 is 2.61 bits per heavy atom. The van der Waals surface area contributed by atoms with Crippen LogP contribution in [-0.2, 0) is 6.54 Å². The molecule has 0 aliphatic rings. The fourth-order valence-electron chi connectivity index (χ4n) is 1.85. The van der Waals surface area contributed by atoms with Gasteiger partial charge >= 0.3 is 0 Å². The highest BCUT2D eigenvalue weighted by atomic mass is 15.4. The van der Waals surface area contributed by atoms with Crippen LogP contribution in [0, 0.1) is 0 Å². The number of nitrogens with one attached hydrogen (secondary N) is 1. The highest BCUT2D eigenvalue weighted by Crippen LogP contribution is 2.11. The van der Waals surface area contributed by atoms with Crippen LogP contribution in [0.5, 0.6) is 0 Å². The van der Waals surface area contributed by atoms with Crippen molar-refractivity contribution in [1.82, 2.24) is 25.1 Å². The SMILES string of the molecule is CC(C)n1ncnc1CN[C@H](C)c1ccncc1. The van der Waals surface area contributed by atoms with E-state index in [1.165, 1.54) is 5.56 Å². The number of nitrogens with zero attached hydrogens (tertiary/aromatic N) is 4. The lowest BCUT2D eigenvalue weighted by molar-refractivity contribution is 0.473. The molecule has 2 aromatic rings. The summed E-state index contributed by atoms with van der Waals surface area (Å²) in [6.07, 6.45) is 5.22. The van der Waals surface area contributed by atoms with Crippen molar-refractivity contribution < 1.29 is 0 Å². The average Bonchev–Trinajstić information content (AvgIpc) is 2.85. The molecule has 0 saturated carbocycles. The van der Waals surface area contributed by atoms with Gasteiger partial charge in [0.1, 0.15) is 12.2 Å². The van der Waals surface area contributed by atoms with E-state index in [0.29, 0.717) is 12.6 Å². The topological polar surface area (TPSA) is 55.6 Å². The summed E-state index contributed by atoms with van der Waals surface area (Å²) in [6, 6.07) is 4.64. The molecule has 5 heteroatoms. The lowest BCUT2D eigenvalue weighted by atomic mass is 10.1. The zero-order valence-corrected chi connectivity index (χ0v) is 11.0. The molecule has 0 aliphatic heterocycles. The van der Waals surface area contributed by atoms with Gasteiger partial charge in [0.15, 0.2) is 0 Å². The minimum Gasteiger partial charge on any atom is -0.303 e. The monoisotopic (exact) mass is 245 g/mol. The van der Waals surface area contributed by atoms with Gasteiger partial charge in [0.2, 0.25) is 0 Å². The molecule has 2 heterocycles. The summed E-state index contributed by atoms with van der Waals surface area (Å²) < 4.78 is 1.94. The van der Waals surface area contributed by atoms with Gasteiger partial charge in [-0.05, 0) is 38.5 Å². The Balaban J connectivity index is 1.97. The second-order valence-electron chi connectivity index (χ2n) is 4.60. The van der Waals surface area contributed by atoms with Crippen molar-refractivity contribution in [2.75, 3.05) is 0 Å². The van der Waals surface area contributed by atoms with Gasteiger partial charge in [0.05, 0.1) is 6.54 Å². The predicted octanol–water partition coefficient (Wildman–Crippen LogP) is 2.10. The molecule has 2 rings (SSSR count). The van der Waals surface area contributed by atoms with E-state index in [2.05, 4.69) is 41.2 Å². The Kier molecular flexibility index (Phi) is 4.04. The van der Waals surface area contributed by atoms with E-state index in [1.807, 2.05) is 29.2 Å². The summed E-state index contributed by atoms with van der Waals surface area (Å²) in [5.41, 5.74) is 1.22. The molecule has 1 atom stereocenters. The van der Waals surface area contributed by atoms with Crippen molar-refractivity contribution in [2.45, 2.75) is 39.4 Å². The van der Waals surface area contributed by atoms with Gasteiger partial charge in [-0.3, -0.25) is 4.98 Å². The van der Waals surface area contributed by atoms with Gasteiger partial charge in [-0.1, -0.05) is 0 Å². The molecule has 0 unspecified atom stereocenters. The number of aromatic nitrogens is 4. The number of hydrogen-bond donors (Lipinski definition) is 1. The zero-order chi connectivity index (χ0) is 13.0. The summed E-state index contributed by atoms with van der Waals surface area (Å²) in [5.74, 6) is 0.964. The molecule has 1 N–H and O–H groups in total. The second kappa shape index (κ2) is 5.73. The Morgan fingerprint density at radius 2 is 1.94 bits per heavy atom. The van der Waals surface area contributed by atoms with Gasteiger partial charge < -0.3 is 5.32 Å². The molecule has 2 aromatic heterocycles. The van der Waals surface area contributed by atoms with Crippen molar-refractivity contribution in [2.24, 2.45) is 0 Å². The Labute approximate surface area is 107 Å². The highest BCUT2D eigenvalue weighted by Gasteiger charge is 2.09. The van der Waals surface area contributed by atoms with Gasteiger partial charge in [-0.2, -0.15) is 5.10 Å². The quantitative estimate of drug-likeness (QED) is 0.876. The first kappa shape index (κ1) is 12.7. The van der Waals surface area contributed by atoms with Crippen LogP contribution < -0.4 is 5.32 Å². The molecular weight excluding hydrogens is 226 g/mol. The van der Waals surface area contributed by atoms with E-state index in [0.717, 1.165) is 5.82 Å². The van der Waals surface area contributed by atoms with Crippen molar-refractivity contribution in [3.63, 3.8) is 0 Å². The van der Waals surface area contributed by atoms with E-state index in [4.69, 9.17) is 0 Å². The van der Waals surface area contributed by atoms with Crippen molar-refractivity contribution in [3.05, 3.63) is 42.2 Å². The smallest absolute Gasteiger partial charge is 0.141 e. The van der Waals surface area contributed by atoms with Crippen LogP contribution in [0.2, 0.25) is 0 Å². The maximum atomic E-state index is 4.28. The maximum absolute atomic E-state index is 4.28. The molecule has 0 radical (unpaired) electrons. The summed E-state index contributed by atoms with van der Waals surface area (Å²) in [6.45, 7) is 7.04. The summed E-state index contributed by atoms with van der Waals surface area (Å²) in [7, 11) is 0. The normalized spacial score (nSPS) is 12.9. The fraction of sp³-hybridized carbons (Fsp3) is 0.462. The third kappa shape index (κ3) is 2.92. The standard InChI is InChI=1S/C13H19N5/c1-10(2)18-13(16-9-17-18)8-15-11(3)12-4-6-14-7-5-12/h4-7,9-11,15H,8H2,1-3H3/t11-/m1/s1. The fourth-order valence-corrected chi connectivity index (χ4v) is 1.85. The van der Waals surface area contributed by atoms with Gasteiger partial charge in [0, 0.05) is 24.5 Å². The highest BCUT2D eigenvalue weighted by molar-refractivity contribution is 5.13. The first-order valence-corrected chi connectivity index (χ1v) is 6.20. The van der Waals surface area contributed by atoms with E-state index >= 15 is 0 Å². The van der Waals surface area contributed by atoms with Crippen LogP contribution in [0.3, 0.4) is 0 Å². The Hall–Kier alpha value is -1.75. The van der Waals surface area contributed by atoms with E-state index in [9.17, 15) is 0 Å². The second-order valence-corrected chi connectivity index (χ2v) is 4.60. The largest absolute Gasteiger partial charge is 0.303 e. The molecule has 18 heavy (non-hydrogen) atoms. The minimum atomic E-state index is 0.269. The first-order chi connectivity index (χ1) is 8.68. The molecule has 5 nitrogen and oxygen atoms in total. The van der Waals surface area contributed by atoms with Gasteiger partial charge in [0.25, 0.3) is 0 Å². The predicted molar refractivity (Wildman–Crippen MR) is 69.9 cm³/mol. The molecule has 0 saturated heterocycles. The molecular formula is C13H19N5. The lowest BCUT2D eigenvalue weighted by Gasteiger charge is -2.15. The number of hydrogen-bond acceptors (Lipinski definition) is 4. The van der Waals surface area contributed by atoms with Crippen molar-refractivity contribution >= 4 is 0 Å². The lowest BCUT2D eigenvalue weighted by Crippen LogP contribution is -2.21. The first-order valence-electron chi connectivity index (χ1n) is 6.20. The van der Waals surface area contributed by atoms with E-state index in [-0.39, 0.29) is 6.04 Å². The molecule has 0 amide bonds. The molecule has 0 fully saturated rings. The minimum absolute atomic E-state index is 0.269. The molecule has 0 aromatic carbocycles. The van der Waals surface area contributed by atoms with Crippen LogP contribution in [0.4, 0.5) is 0 Å². The van der Waals surface area contributed by atoms with E-state index in [1.54, 1.807) is 6.33 Å². The third-order valence-corrected chi connectivity index (χ3v) is 2.91. The number of pyridine rings is 1. The zero-order valence-electron chi connectivity index (χ0n) is 11.0. The Bertz CT molecular complexity index is 477. The van der Waals surface area contributed by atoms with Crippen LogP contribution in [0.15, 0.2) is 30.9 Å².